The molecule has 1 atom stereocenters. The average Bonchev–Trinajstić information content (AvgIpc) is 3.31. The Morgan fingerprint density at radius 3 is 2.43 bits per heavy atom. The lowest BCUT2D eigenvalue weighted by Crippen LogP contribution is -2.20. The van der Waals surface area contributed by atoms with Gasteiger partial charge in [-0.25, -0.2) is 0 Å². The van der Waals surface area contributed by atoms with Crippen LogP contribution in [0, 0.1) is 13.8 Å². The van der Waals surface area contributed by atoms with Crippen molar-refractivity contribution in [3.8, 4) is 34.3 Å². The zero-order valence-corrected chi connectivity index (χ0v) is 21.1. The second-order valence-electron chi connectivity index (χ2n) is 8.08. The van der Waals surface area contributed by atoms with E-state index >= 15 is 0 Å². The Morgan fingerprint density at radius 1 is 0.914 bits per heavy atom. The third kappa shape index (κ3) is 5.78. The van der Waals surface area contributed by atoms with Crippen molar-refractivity contribution in [2.75, 3.05) is 26.6 Å². The van der Waals surface area contributed by atoms with E-state index in [0.29, 0.717) is 22.5 Å². The lowest BCUT2D eigenvalue weighted by Gasteiger charge is -2.15. The molecule has 1 aromatic heterocycles. The number of thioether (sulfide) groups is 1. The third-order valence-corrected chi connectivity index (χ3v) is 6.57. The fraction of sp³-hybridized carbons (Fsp3) is 0.259. The van der Waals surface area contributed by atoms with Gasteiger partial charge < -0.3 is 19.3 Å². The van der Waals surface area contributed by atoms with Crippen molar-refractivity contribution in [3.63, 3.8) is 0 Å². The highest BCUT2D eigenvalue weighted by atomic mass is 32.2. The van der Waals surface area contributed by atoms with Crippen LogP contribution in [0.1, 0.15) is 11.1 Å². The van der Waals surface area contributed by atoms with Gasteiger partial charge in [-0.05, 0) is 67.4 Å². The molecule has 0 aliphatic carbocycles. The van der Waals surface area contributed by atoms with Crippen LogP contribution in [0.3, 0.4) is 0 Å². The second kappa shape index (κ2) is 11.3. The first kappa shape index (κ1) is 24.6. The smallest absolute Gasteiger partial charge is 0.196 e. The van der Waals surface area contributed by atoms with E-state index in [-0.39, 0.29) is 6.61 Å². The van der Waals surface area contributed by atoms with Crippen molar-refractivity contribution in [2.45, 2.75) is 25.1 Å². The lowest BCUT2D eigenvalue weighted by molar-refractivity contribution is 0.126. The largest absolute Gasteiger partial charge is 0.497 e. The quantitative estimate of drug-likeness (QED) is 0.309. The van der Waals surface area contributed by atoms with Gasteiger partial charge in [-0.1, -0.05) is 36.0 Å². The van der Waals surface area contributed by atoms with E-state index in [1.165, 1.54) is 11.8 Å². The molecule has 0 saturated carbocycles. The molecule has 1 heterocycles. The number of para-hydroxylation sites is 1. The normalized spacial score (nSPS) is 11.8. The molecule has 4 aromatic rings. The number of methoxy groups -OCH3 is 2. The molecule has 0 spiro atoms. The molecule has 0 aliphatic heterocycles. The molecule has 8 heteroatoms. The maximum Gasteiger partial charge on any atom is 0.196 e. The number of aliphatic hydroxyl groups is 1. The Balaban J connectivity index is 1.57. The minimum absolute atomic E-state index is 0.188. The number of aromatic nitrogens is 3. The van der Waals surface area contributed by atoms with Gasteiger partial charge >= 0.3 is 0 Å². The van der Waals surface area contributed by atoms with Gasteiger partial charge in [0.05, 0.1) is 31.6 Å². The number of hydrogen-bond donors (Lipinski definition) is 1. The Morgan fingerprint density at radius 2 is 1.69 bits per heavy atom. The van der Waals surface area contributed by atoms with Crippen LogP contribution < -0.4 is 14.2 Å². The summed E-state index contributed by atoms with van der Waals surface area (Å²) in [6, 6.07) is 21.4. The molecule has 0 unspecified atom stereocenters. The zero-order valence-electron chi connectivity index (χ0n) is 20.3. The van der Waals surface area contributed by atoms with Crippen LogP contribution >= 0.6 is 11.8 Å². The van der Waals surface area contributed by atoms with Gasteiger partial charge in [-0.3, -0.25) is 4.57 Å². The number of aliphatic hydroxyl groups excluding tert-OH is 1. The summed E-state index contributed by atoms with van der Waals surface area (Å²) < 4.78 is 18.7. The molecule has 0 saturated heterocycles. The standard InChI is InChI=1S/C27H29N3O4S/c1-18-9-10-19(2)25(15-18)34-16-21(31)17-35-27-29-28-26(23-7-5-6-8-24(23)33-4)30(27)20-11-13-22(32-3)14-12-20/h5-15,21,31H,16-17H2,1-4H3/t21-/m0/s1. The van der Waals surface area contributed by atoms with E-state index in [0.717, 1.165) is 33.9 Å². The summed E-state index contributed by atoms with van der Waals surface area (Å²) >= 11 is 1.42. The van der Waals surface area contributed by atoms with Crippen LogP contribution in [0.5, 0.6) is 17.2 Å². The van der Waals surface area contributed by atoms with Crippen molar-refractivity contribution in [1.82, 2.24) is 14.8 Å². The molecule has 0 radical (unpaired) electrons. The molecule has 0 aliphatic rings. The van der Waals surface area contributed by atoms with Crippen LogP contribution in [0.4, 0.5) is 0 Å². The van der Waals surface area contributed by atoms with Crippen LogP contribution in [0.25, 0.3) is 17.1 Å². The molecule has 7 nitrogen and oxygen atoms in total. The Kier molecular flexibility index (Phi) is 7.94. The van der Waals surface area contributed by atoms with Gasteiger partial charge in [-0.15, -0.1) is 10.2 Å². The van der Waals surface area contributed by atoms with Crippen LogP contribution in [-0.2, 0) is 0 Å². The maximum atomic E-state index is 10.6. The first-order valence-corrected chi connectivity index (χ1v) is 12.2. The van der Waals surface area contributed by atoms with Gasteiger partial charge in [0, 0.05) is 5.75 Å². The van der Waals surface area contributed by atoms with Crippen molar-refractivity contribution in [2.24, 2.45) is 0 Å². The minimum atomic E-state index is -0.685. The summed E-state index contributed by atoms with van der Waals surface area (Å²) in [6.45, 7) is 4.20. The molecule has 35 heavy (non-hydrogen) atoms. The minimum Gasteiger partial charge on any atom is -0.497 e. The molecule has 4 rings (SSSR count). The highest BCUT2D eigenvalue weighted by molar-refractivity contribution is 7.99. The molecule has 1 N–H and O–H groups in total. The van der Waals surface area contributed by atoms with E-state index in [2.05, 4.69) is 10.2 Å². The van der Waals surface area contributed by atoms with Crippen molar-refractivity contribution in [3.05, 3.63) is 77.9 Å². The monoisotopic (exact) mass is 491 g/mol. The Labute approximate surface area is 209 Å². The maximum absolute atomic E-state index is 10.6. The van der Waals surface area contributed by atoms with E-state index in [1.54, 1.807) is 14.2 Å². The fourth-order valence-electron chi connectivity index (χ4n) is 3.60. The second-order valence-corrected chi connectivity index (χ2v) is 9.07. The van der Waals surface area contributed by atoms with E-state index in [4.69, 9.17) is 14.2 Å². The van der Waals surface area contributed by atoms with Crippen molar-refractivity contribution in [1.29, 1.82) is 0 Å². The van der Waals surface area contributed by atoms with Gasteiger partial charge in [0.15, 0.2) is 11.0 Å². The lowest BCUT2D eigenvalue weighted by atomic mass is 10.1. The van der Waals surface area contributed by atoms with Gasteiger partial charge in [0.25, 0.3) is 0 Å². The van der Waals surface area contributed by atoms with Crippen LogP contribution in [0.2, 0.25) is 0 Å². The average molecular weight is 492 g/mol. The van der Waals surface area contributed by atoms with E-state index < -0.39 is 6.10 Å². The molecule has 0 bridgehead atoms. The molecular formula is C27H29N3O4S. The molecule has 3 aromatic carbocycles. The molecule has 0 fully saturated rings. The van der Waals surface area contributed by atoms with E-state index in [9.17, 15) is 5.11 Å². The number of aryl methyl sites for hydroxylation is 2. The summed E-state index contributed by atoms with van der Waals surface area (Å²) in [5.74, 6) is 3.29. The summed E-state index contributed by atoms with van der Waals surface area (Å²) in [7, 11) is 3.27. The highest BCUT2D eigenvalue weighted by Crippen LogP contribution is 2.34. The van der Waals surface area contributed by atoms with Crippen LogP contribution in [0.15, 0.2) is 71.9 Å². The summed E-state index contributed by atoms with van der Waals surface area (Å²) in [6.07, 6.45) is -0.685. The Bertz CT molecular complexity index is 1270. The SMILES string of the molecule is COc1ccc(-n2c(SC[C@@H](O)COc3cc(C)ccc3C)nnc2-c2ccccc2OC)cc1. The number of nitrogens with zero attached hydrogens (tertiary/aromatic N) is 3. The summed E-state index contributed by atoms with van der Waals surface area (Å²) in [5, 5.41) is 20.2. The first-order chi connectivity index (χ1) is 17.0. The molecular weight excluding hydrogens is 462 g/mol. The number of ether oxygens (including phenoxy) is 3. The van der Waals surface area contributed by atoms with Gasteiger partial charge in [0.1, 0.15) is 23.9 Å². The fourth-order valence-corrected chi connectivity index (χ4v) is 4.46. The van der Waals surface area contributed by atoms with Crippen LogP contribution in [-0.4, -0.2) is 52.6 Å². The number of hydrogen-bond acceptors (Lipinski definition) is 7. The van der Waals surface area contributed by atoms with Crippen molar-refractivity contribution >= 4 is 11.8 Å². The van der Waals surface area contributed by atoms with E-state index in [1.807, 2.05) is 85.1 Å². The van der Waals surface area contributed by atoms with Crippen molar-refractivity contribution < 1.29 is 19.3 Å². The van der Waals surface area contributed by atoms with Gasteiger partial charge in [0.2, 0.25) is 0 Å². The predicted molar refractivity (Wildman–Crippen MR) is 138 cm³/mol. The molecule has 0 amide bonds. The van der Waals surface area contributed by atoms with Gasteiger partial charge in [-0.2, -0.15) is 0 Å². The third-order valence-electron chi connectivity index (χ3n) is 5.49. The topological polar surface area (TPSA) is 78.6 Å². The summed E-state index contributed by atoms with van der Waals surface area (Å²) in [5.41, 5.74) is 3.85. The Hall–Kier alpha value is -3.49. The molecule has 182 valence electrons. The highest BCUT2D eigenvalue weighted by Gasteiger charge is 2.20. The summed E-state index contributed by atoms with van der Waals surface area (Å²) in [4.78, 5) is 0. The first-order valence-electron chi connectivity index (χ1n) is 11.2. The zero-order chi connectivity index (χ0) is 24.8. The predicted octanol–water partition coefficient (Wildman–Crippen LogP) is 5.10. The number of benzene rings is 3. The number of rotatable bonds is 10.